The van der Waals surface area contributed by atoms with Crippen molar-refractivity contribution < 1.29 is 9.59 Å². The van der Waals surface area contributed by atoms with Gasteiger partial charge in [-0.2, -0.15) is 0 Å². The third kappa shape index (κ3) is 4.98. The third-order valence-corrected chi connectivity index (χ3v) is 3.84. The first-order valence-corrected chi connectivity index (χ1v) is 7.72. The van der Waals surface area contributed by atoms with Gasteiger partial charge in [-0.05, 0) is 44.2 Å². The molecule has 2 aromatic carbocycles. The Morgan fingerprint density at radius 3 is 2.22 bits per heavy atom. The van der Waals surface area contributed by atoms with Crippen molar-refractivity contribution in [3.05, 3.63) is 63.1 Å². The van der Waals surface area contributed by atoms with E-state index in [1.165, 1.54) is 0 Å². The fraction of sp³-hybridized carbons (Fsp3) is 0.176. The fourth-order valence-corrected chi connectivity index (χ4v) is 2.45. The number of rotatable bonds is 4. The van der Waals surface area contributed by atoms with E-state index in [0.29, 0.717) is 21.3 Å². The van der Waals surface area contributed by atoms with Crippen LogP contribution in [0.1, 0.15) is 21.5 Å². The van der Waals surface area contributed by atoms with Gasteiger partial charge < -0.3 is 10.6 Å². The molecule has 0 saturated heterocycles. The molecule has 0 radical (unpaired) electrons. The maximum atomic E-state index is 12.1. The summed E-state index contributed by atoms with van der Waals surface area (Å²) in [5.41, 5.74) is 3.04. The minimum atomic E-state index is -0.346. The Hall–Kier alpha value is -2.04. The van der Waals surface area contributed by atoms with Crippen molar-refractivity contribution in [3.8, 4) is 0 Å². The van der Waals surface area contributed by atoms with Gasteiger partial charge in [0.1, 0.15) is 0 Å². The van der Waals surface area contributed by atoms with Gasteiger partial charge in [-0.15, -0.1) is 0 Å². The number of hydrogen-bond acceptors (Lipinski definition) is 2. The zero-order valence-electron chi connectivity index (χ0n) is 12.7. The van der Waals surface area contributed by atoms with Crippen molar-refractivity contribution in [1.82, 2.24) is 5.32 Å². The number of hydrogen-bond donors (Lipinski definition) is 2. The number of anilines is 1. The Bertz CT molecular complexity index is 740. The highest BCUT2D eigenvalue weighted by Gasteiger charge is 2.10. The zero-order chi connectivity index (χ0) is 17.0. The predicted molar refractivity (Wildman–Crippen MR) is 93.3 cm³/mol. The van der Waals surface area contributed by atoms with Crippen molar-refractivity contribution >= 4 is 40.7 Å². The molecule has 6 heteroatoms. The van der Waals surface area contributed by atoms with Gasteiger partial charge in [0, 0.05) is 11.3 Å². The number of carbonyl (C=O) groups is 2. The van der Waals surface area contributed by atoms with Gasteiger partial charge >= 0.3 is 0 Å². The van der Waals surface area contributed by atoms with E-state index < -0.39 is 0 Å². The van der Waals surface area contributed by atoms with E-state index in [-0.39, 0.29) is 18.4 Å². The van der Waals surface area contributed by atoms with Gasteiger partial charge in [0.2, 0.25) is 5.91 Å². The van der Waals surface area contributed by atoms with Crippen LogP contribution in [0.2, 0.25) is 10.0 Å². The number of nitrogens with one attached hydrogen (secondary N) is 2. The van der Waals surface area contributed by atoms with Crippen LogP contribution in [0.25, 0.3) is 0 Å². The highest BCUT2D eigenvalue weighted by atomic mass is 35.5. The molecule has 0 saturated carbocycles. The summed E-state index contributed by atoms with van der Waals surface area (Å²) in [7, 11) is 0. The molecule has 0 bridgehead atoms. The first-order chi connectivity index (χ1) is 10.8. The van der Waals surface area contributed by atoms with E-state index in [1.54, 1.807) is 30.3 Å². The Labute approximate surface area is 144 Å². The van der Waals surface area contributed by atoms with Gasteiger partial charge in [0.15, 0.2) is 0 Å². The lowest BCUT2D eigenvalue weighted by molar-refractivity contribution is -0.115. The molecule has 2 N–H and O–H groups in total. The van der Waals surface area contributed by atoms with E-state index in [4.69, 9.17) is 23.2 Å². The molecule has 0 aliphatic rings. The topological polar surface area (TPSA) is 58.2 Å². The van der Waals surface area contributed by atoms with Crippen LogP contribution in [0.5, 0.6) is 0 Å². The summed E-state index contributed by atoms with van der Waals surface area (Å²) >= 11 is 11.7. The van der Waals surface area contributed by atoms with Gasteiger partial charge in [-0.25, -0.2) is 0 Å². The minimum absolute atomic E-state index is 0.133. The Balaban J connectivity index is 1.93. The molecule has 0 aromatic heterocycles. The van der Waals surface area contributed by atoms with E-state index in [2.05, 4.69) is 10.6 Å². The van der Waals surface area contributed by atoms with Gasteiger partial charge in [-0.3, -0.25) is 9.59 Å². The van der Waals surface area contributed by atoms with Gasteiger partial charge in [-0.1, -0.05) is 40.4 Å². The van der Waals surface area contributed by atoms with Crippen LogP contribution in [0, 0.1) is 13.8 Å². The fourth-order valence-electron chi connectivity index (χ4n) is 2.15. The maximum Gasteiger partial charge on any atom is 0.251 e. The molecule has 120 valence electrons. The lowest BCUT2D eigenvalue weighted by Crippen LogP contribution is -2.32. The summed E-state index contributed by atoms with van der Waals surface area (Å²) in [5, 5.41) is 5.99. The van der Waals surface area contributed by atoms with Crippen molar-refractivity contribution in [1.29, 1.82) is 0 Å². The van der Waals surface area contributed by atoms with Crippen LogP contribution in [-0.4, -0.2) is 18.4 Å². The molecular formula is C17H16Cl2N2O2. The predicted octanol–water partition coefficient (Wildman–Crippen LogP) is 3.98. The molecule has 0 fully saturated rings. The summed E-state index contributed by atoms with van der Waals surface area (Å²) in [6.45, 7) is 3.70. The molecule has 0 unspecified atom stereocenters. The Morgan fingerprint density at radius 2 is 1.61 bits per heavy atom. The molecule has 2 rings (SSSR count). The standard InChI is InChI=1S/C17H16Cl2N2O2/c1-10-5-11(2)7-12(6-10)17(23)20-9-16(22)21-13-3-4-14(18)15(19)8-13/h3-8H,9H2,1-2H3,(H,20,23)(H,21,22). The van der Waals surface area contributed by atoms with Crippen molar-refractivity contribution in [3.63, 3.8) is 0 Å². The Morgan fingerprint density at radius 1 is 0.957 bits per heavy atom. The molecular weight excluding hydrogens is 335 g/mol. The summed E-state index contributed by atoms with van der Waals surface area (Å²) in [6.07, 6.45) is 0. The monoisotopic (exact) mass is 350 g/mol. The third-order valence-electron chi connectivity index (χ3n) is 3.10. The summed E-state index contributed by atoms with van der Waals surface area (Å²) in [5.74, 6) is -0.637. The number of aryl methyl sites for hydroxylation is 2. The molecule has 4 nitrogen and oxygen atoms in total. The molecule has 0 atom stereocenters. The molecule has 2 aromatic rings. The lowest BCUT2D eigenvalue weighted by Gasteiger charge is -2.09. The largest absolute Gasteiger partial charge is 0.343 e. The molecule has 0 spiro atoms. The van der Waals surface area contributed by atoms with Crippen molar-refractivity contribution in [2.75, 3.05) is 11.9 Å². The van der Waals surface area contributed by atoms with Crippen LogP contribution in [0.15, 0.2) is 36.4 Å². The number of halogens is 2. The average molecular weight is 351 g/mol. The summed E-state index contributed by atoms with van der Waals surface area (Å²) < 4.78 is 0. The van der Waals surface area contributed by atoms with Crippen LogP contribution in [0.3, 0.4) is 0 Å². The van der Waals surface area contributed by atoms with E-state index in [9.17, 15) is 9.59 Å². The second kappa shape index (κ2) is 7.49. The van der Waals surface area contributed by atoms with E-state index in [0.717, 1.165) is 11.1 Å². The zero-order valence-corrected chi connectivity index (χ0v) is 14.3. The first-order valence-electron chi connectivity index (χ1n) is 6.96. The number of carbonyl (C=O) groups excluding carboxylic acids is 2. The average Bonchev–Trinajstić information content (AvgIpc) is 2.47. The Kier molecular flexibility index (Phi) is 5.64. The maximum absolute atomic E-state index is 12.1. The normalized spacial score (nSPS) is 10.3. The van der Waals surface area contributed by atoms with Crippen LogP contribution >= 0.6 is 23.2 Å². The summed E-state index contributed by atoms with van der Waals surface area (Å²) in [4.78, 5) is 24.0. The number of benzene rings is 2. The lowest BCUT2D eigenvalue weighted by atomic mass is 10.1. The van der Waals surface area contributed by atoms with Crippen molar-refractivity contribution in [2.24, 2.45) is 0 Å². The molecule has 0 heterocycles. The van der Waals surface area contributed by atoms with Gasteiger partial charge in [0.25, 0.3) is 5.91 Å². The molecule has 0 aliphatic carbocycles. The minimum Gasteiger partial charge on any atom is -0.343 e. The van der Waals surface area contributed by atoms with Crippen LogP contribution in [0.4, 0.5) is 5.69 Å². The highest BCUT2D eigenvalue weighted by molar-refractivity contribution is 6.42. The van der Waals surface area contributed by atoms with Gasteiger partial charge in [0.05, 0.1) is 16.6 Å². The quantitative estimate of drug-likeness (QED) is 0.875. The van der Waals surface area contributed by atoms with Crippen LogP contribution in [-0.2, 0) is 4.79 Å². The second-order valence-corrected chi connectivity index (χ2v) is 6.05. The molecule has 23 heavy (non-hydrogen) atoms. The SMILES string of the molecule is Cc1cc(C)cc(C(=O)NCC(=O)Nc2ccc(Cl)c(Cl)c2)c1. The smallest absolute Gasteiger partial charge is 0.251 e. The second-order valence-electron chi connectivity index (χ2n) is 5.24. The number of amides is 2. The van der Waals surface area contributed by atoms with E-state index in [1.807, 2.05) is 19.9 Å². The summed E-state index contributed by atoms with van der Waals surface area (Å²) in [6, 6.07) is 10.3. The van der Waals surface area contributed by atoms with Crippen LogP contribution < -0.4 is 10.6 Å². The highest BCUT2D eigenvalue weighted by Crippen LogP contribution is 2.24. The first kappa shape index (κ1) is 17.3. The molecule has 2 amide bonds. The van der Waals surface area contributed by atoms with E-state index >= 15 is 0 Å². The van der Waals surface area contributed by atoms with Crippen molar-refractivity contribution in [2.45, 2.75) is 13.8 Å². The molecule has 0 aliphatic heterocycles.